The van der Waals surface area contributed by atoms with Gasteiger partial charge in [-0.1, -0.05) is 25.3 Å². The molecule has 1 saturated carbocycles. The molecule has 3 amide bonds. The number of amides is 3. The summed E-state index contributed by atoms with van der Waals surface area (Å²) in [4.78, 5) is 35.0. The van der Waals surface area contributed by atoms with Gasteiger partial charge in [-0.3, -0.25) is 20.4 Å². The number of rotatable bonds is 8. The number of hydrogen-bond donors (Lipinski definition) is 2. The van der Waals surface area contributed by atoms with E-state index in [1.54, 1.807) is 13.2 Å². The molecule has 11 nitrogen and oxygen atoms in total. The standard InChI is InChI=1S/C33H43N7O4S/c1-44-30-13-12-25(24-8-3-2-4-9-24)20-28(30)29-23-45-33(34-29)35-32(42)36-39-18-16-38(17-19-39)31(41)26-10-7-14-37(21-26)22-27-11-5-6-15-40(27)43/h5-6,11-13,15,20,23-24,26H,2-4,7-10,14,16-19,21-22H2,1H3,(H2,34,35,36,42). The number of urea groups is 1. The summed E-state index contributed by atoms with van der Waals surface area (Å²) in [5.41, 5.74) is 6.67. The Bertz CT molecular complexity index is 1470. The lowest BCUT2D eigenvalue weighted by atomic mass is 9.83. The highest BCUT2D eigenvalue weighted by Crippen LogP contribution is 2.38. The molecule has 2 aliphatic heterocycles. The second-order valence-corrected chi connectivity index (χ2v) is 13.2. The van der Waals surface area contributed by atoms with Crippen LogP contribution >= 0.6 is 11.3 Å². The van der Waals surface area contributed by atoms with Crippen molar-refractivity contribution in [2.75, 3.05) is 51.7 Å². The summed E-state index contributed by atoms with van der Waals surface area (Å²) in [5.74, 6) is 1.43. The second kappa shape index (κ2) is 14.6. The Labute approximate surface area is 268 Å². The number of carbonyl (C=O) groups is 2. The lowest BCUT2D eigenvalue weighted by Crippen LogP contribution is -2.57. The SMILES string of the molecule is COc1ccc(C2CCCCC2)cc1-c1csc(NC(=O)NN2CCN(C(=O)C3CCCN(Cc4cccc[n+]4[O-])C3)CC2)n1. The first-order valence-corrected chi connectivity index (χ1v) is 17.0. The van der Waals surface area contributed by atoms with Gasteiger partial charge >= 0.3 is 6.03 Å². The van der Waals surface area contributed by atoms with Crippen molar-refractivity contribution < 1.29 is 19.1 Å². The number of nitrogens with one attached hydrogen (secondary N) is 2. The number of benzene rings is 1. The van der Waals surface area contributed by atoms with E-state index in [0.29, 0.717) is 56.0 Å². The smallest absolute Gasteiger partial charge is 0.335 e. The Morgan fingerprint density at radius 2 is 1.87 bits per heavy atom. The quantitative estimate of drug-likeness (QED) is 0.275. The predicted molar refractivity (Wildman–Crippen MR) is 174 cm³/mol. The molecule has 6 rings (SSSR count). The van der Waals surface area contributed by atoms with E-state index in [4.69, 9.17) is 9.72 Å². The van der Waals surface area contributed by atoms with Crippen molar-refractivity contribution in [3.8, 4) is 17.0 Å². The fourth-order valence-electron chi connectivity index (χ4n) is 6.85. The highest BCUT2D eigenvalue weighted by molar-refractivity contribution is 7.14. The molecule has 0 bridgehead atoms. The number of piperidine rings is 1. The number of pyridine rings is 1. The van der Waals surface area contributed by atoms with Crippen LogP contribution in [0.25, 0.3) is 11.3 Å². The Hall–Kier alpha value is -3.74. The van der Waals surface area contributed by atoms with Gasteiger partial charge in [0.05, 0.1) is 25.3 Å². The fraction of sp³-hybridized carbons (Fsp3) is 0.515. The molecule has 1 aromatic carbocycles. The maximum Gasteiger partial charge on any atom is 0.335 e. The zero-order valence-corrected chi connectivity index (χ0v) is 26.8. The summed E-state index contributed by atoms with van der Waals surface area (Å²) in [7, 11) is 1.67. The van der Waals surface area contributed by atoms with Crippen molar-refractivity contribution in [3.05, 3.63) is 64.4 Å². The molecule has 2 N–H and O–H groups in total. The summed E-state index contributed by atoms with van der Waals surface area (Å²) in [6.07, 6.45) is 9.60. The first-order valence-electron chi connectivity index (χ1n) is 16.1. The zero-order chi connectivity index (χ0) is 31.2. The van der Waals surface area contributed by atoms with Crippen LogP contribution in [0.1, 0.15) is 62.1 Å². The molecule has 2 aromatic heterocycles. The van der Waals surface area contributed by atoms with Crippen molar-refractivity contribution >= 4 is 28.4 Å². The highest BCUT2D eigenvalue weighted by atomic mass is 32.1. The minimum absolute atomic E-state index is 0.0774. The van der Waals surface area contributed by atoms with Crippen LogP contribution in [0.15, 0.2) is 48.0 Å². The van der Waals surface area contributed by atoms with Gasteiger partial charge < -0.3 is 14.8 Å². The Morgan fingerprint density at radius 3 is 2.64 bits per heavy atom. The van der Waals surface area contributed by atoms with Crippen molar-refractivity contribution in [1.82, 2.24) is 25.2 Å². The van der Waals surface area contributed by atoms with Gasteiger partial charge in [-0.05, 0) is 61.9 Å². The van der Waals surface area contributed by atoms with Gasteiger partial charge in [0, 0.05) is 55.8 Å². The summed E-state index contributed by atoms with van der Waals surface area (Å²) >= 11 is 1.38. The van der Waals surface area contributed by atoms with E-state index >= 15 is 0 Å². The topological polar surface area (TPSA) is 117 Å². The van der Waals surface area contributed by atoms with Crippen molar-refractivity contribution in [2.24, 2.45) is 5.92 Å². The summed E-state index contributed by atoms with van der Waals surface area (Å²) in [5, 5.41) is 19.3. The highest BCUT2D eigenvalue weighted by Gasteiger charge is 2.32. The van der Waals surface area contributed by atoms with Crippen LogP contribution in [0.3, 0.4) is 0 Å². The third-order valence-electron chi connectivity index (χ3n) is 9.30. The maximum absolute atomic E-state index is 13.4. The lowest BCUT2D eigenvalue weighted by Gasteiger charge is -2.38. The number of hydrogen-bond acceptors (Lipinski definition) is 8. The normalized spacial score (nSPS) is 20.1. The number of hydrazine groups is 1. The first kappa shape index (κ1) is 31.3. The number of thiazole rings is 1. The van der Waals surface area contributed by atoms with Crippen molar-refractivity contribution in [2.45, 2.75) is 57.4 Å². The molecule has 1 unspecified atom stereocenters. The van der Waals surface area contributed by atoms with Crippen LogP contribution in [-0.4, -0.2) is 78.1 Å². The van der Waals surface area contributed by atoms with Gasteiger partial charge in [0.1, 0.15) is 5.75 Å². The monoisotopic (exact) mass is 633 g/mol. The van der Waals surface area contributed by atoms with E-state index in [-0.39, 0.29) is 17.9 Å². The van der Waals surface area contributed by atoms with Gasteiger partial charge in [0.2, 0.25) is 11.6 Å². The van der Waals surface area contributed by atoms with E-state index in [0.717, 1.165) is 41.1 Å². The largest absolute Gasteiger partial charge is 0.618 e. The van der Waals surface area contributed by atoms with Gasteiger partial charge in [0.15, 0.2) is 11.3 Å². The number of aromatic nitrogens is 2. The molecule has 1 aliphatic carbocycles. The number of ether oxygens (including phenoxy) is 1. The van der Waals surface area contributed by atoms with Crippen LogP contribution in [0, 0.1) is 11.1 Å². The van der Waals surface area contributed by atoms with Gasteiger partial charge in [-0.15, -0.1) is 11.3 Å². The molecule has 12 heteroatoms. The van der Waals surface area contributed by atoms with Crippen LogP contribution in [0.4, 0.5) is 9.93 Å². The maximum atomic E-state index is 13.4. The molecule has 240 valence electrons. The Balaban J connectivity index is 0.981. The molecular weight excluding hydrogens is 590 g/mol. The third-order valence-corrected chi connectivity index (χ3v) is 10.1. The number of carbonyl (C=O) groups excluding carboxylic acids is 2. The summed E-state index contributed by atoms with van der Waals surface area (Å²) in [6.45, 7) is 4.27. The van der Waals surface area contributed by atoms with E-state index in [9.17, 15) is 14.8 Å². The fourth-order valence-corrected chi connectivity index (χ4v) is 7.56. The predicted octanol–water partition coefficient (Wildman–Crippen LogP) is 4.59. The molecule has 4 heterocycles. The lowest BCUT2D eigenvalue weighted by molar-refractivity contribution is -0.615. The molecule has 3 fully saturated rings. The second-order valence-electron chi connectivity index (χ2n) is 12.3. The number of methoxy groups -OCH3 is 1. The van der Waals surface area contributed by atoms with Crippen molar-refractivity contribution in [3.63, 3.8) is 0 Å². The third kappa shape index (κ3) is 7.74. The van der Waals surface area contributed by atoms with E-state index in [2.05, 4.69) is 27.8 Å². The number of piperazine rings is 1. The minimum Gasteiger partial charge on any atom is -0.618 e. The van der Waals surface area contributed by atoms with E-state index in [1.807, 2.05) is 33.5 Å². The van der Waals surface area contributed by atoms with Crippen LogP contribution in [0.5, 0.6) is 5.75 Å². The molecule has 2 saturated heterocycles. The van der Waals surface area contributed by atoms with E-state index in [1.165, 1.54) is 55.2 Å². The minimum atomic E-state index is -0.349. The van der Waals surface area contributed by atoms with Crippen LogP contribution in [-0.2, 0) is 11.3 Å². The molecule has 3 aliphatic rings. The number of nitrogens with zero attached hydrogens (tertiary/aromatic N) is 5. The Kier molecular flexibility index (Phi) is 10.1. The molecule has 1 atom stereocenters. The first-order chi connectivity index (χ1) is 22.0. The molecular formula is C33H43N7O4S. The van der Waals surface area contributed by atoms with Crippen LogP contribution in [0.2, 0.25) is 0 Å². The van der Waals surface area contributed by atoms with Gasteiger partial charge in [-0.2, -0.15) is 4.73 Å². The molecule has 0 spiro atoms. The zero-order valence-electron chi connectivity index (χ0n) is 26.0. The average Bonchev–Trinajstić information content (AvgIpc) is 3.54. The number of likely N-dealkylation sites (tertiary alicyclic amines) is 1. The van der Waals surface area contributed by atoms with Gasteiger partial charge in [0.25, 0.3) is 0 Å². The molecule has 3 aromatic rings. The molecule has 45 heavy (non-hydrogen) atoms. The van der Waals surface area contributed by atoms with E-state index < -0.39 is 0 Å². The van der Waals surface area contributed by atoms with Crippen molar-refractivity contribution in [1.29, 1.82) is 0 Å². The summed E-state index contributed by atoms with van der Waals surface area (Å²) < 4.78 is 6.54. The summed E-state index contributed by atoms with van der Waals surface area (Å²) in [6, 6.07) is 11.5. The van der Waals surface area contributed by atoms with Crippen LogP contribution < -0.4 is 20.2 Å². The van der Waals surface area contributed by atoms with Gasteiger partial charge in [-0.25, -0.2) is 14.8 Å². The average molecular weight is 634 g/mol. The Morgan fingerprint density at radius 1 is 1.04 bits per heavy atom. The molecule has 0 radical (unpaired) electrons. The number of anilines is 1.